The van der Waals surface area contributed by atoms with Gasteiger partial charge in [-0.15, -0.1) is 0 Å². The van der Waals surface area contributed by atoms with Crippen LogP contribution >= 0.6 is 0 Å². The molecule has 0 saturated carbocycles. The van der Waals surface area contributed by atoms with E-state index < -0.39 is 0 Å². The third kappa shape index (κ3) is 4.25. The first-order valence-electron chi connectivity index (χ1n) is 7.76. The number of anilines is 1. The van der Waals surface area contributed by atoms with E-state index >= 15 is 0 Å². The zero-order chi connectivity index (χ0) is 15.1. The van der Waals surface area contributed by atoms with Gasteiger partial charge in [0.05, 0.1) is 13.2 Å². The van der Waals surface area contributed by atoms with E-state index in [4.69, 9.17) is 4.74 Å². The Kier molecular flexibility index (Phi) is 5.68. The van der Waals surface area contributed by atoms with Gasteiger partial charge in [0.2, 0.25) is 0 Å². The molecule has 0 aliphatic heterocycles. The predicted molar refractivity (Wildman–Crippen MR) is 90.1 cm³/mol. The van der Waals surface area contributed by atoms with Crippen LogP contribution in [0, 0.1) is 0 Å². The Balaban J connectivity index is 2.06. The fourth-order valence-corrected chi connectivity index (χ4v) is 2.51. The molecule has 2 heteroatoms. The van der Waals surface area contributed by atoms with E-state index in [1.807, 2.05) is 12.1 Å². The molecule has 0 bridgehead atoms. The fourth-order valence-electron chi connectivity index (χ4n) is 2.51. The minimum Gasteiger partial charge on any atom is -0.497 e. The second-order valence-corrected chi connectivity index (χ2v) is 5.33. The highest BCUT2D eigenvalue weighted by Gasteiger charge is 2.09. The van der Waals surface area contributed by atoms with Crippen molar-refractivity contribution in [2.45, 2.75) is 39.2 Å². The Morgan fingerprint density at radius 1 is 0.952 bits per heavy atom. The van der Waals surface area contributed by atoms with Crippen LogP contribution in [-0.4, -0.2) is 7.11 Å². The molecule has 0 amide bonds. The van der Waals surface area contributed by atoms with Crippen LogP contribution in [0.5, 0.6) is 5.75 Å². The summed E-state index contributed by atoms with van der Waals surface area (Å²) in [7, 11) is 1.70. The van der Waals surface area contributed by atoms with Crippen molar-refractivity contribution in [3.63, 3.8) is 0 Å². The molecule has 2 aromatic rings. The van der Waals surface area contributed by atoms with Gasteiger partial charge in [0, 0.05) is 5.69 Å². The van der Waals surface area contributed by atoms with Gasteiger partial charge in [-0.1, -0.05) is 44.5 Å². The molecule has 1 N–H and O–H groups in total. The number of rotatable bonds is 7. The van der Waals surface area contributed by atoms with Crippen molar-refractivity contribution in [1.82, 2.24) is 0 Å². The predicted octanol–water partition coefficient (Wildman–Crippen LogP) is 5.21. The van der Waals surface area contributed by atoms with Gasteiger partial charge < -0.3 is 10.1 Å². The number of methoxy groups -OCH3 is 1. The molecule has 0 aliphatic rings. The standard InChI is InChI=1S/C19H25NO/c1-4-6-15-7-11-17(12-8-15)20-19(5-2)16-9-13-18(21-3)14-10-16/h7-14,19-20H,4-6H2,1-3H3. The third-order valence-electron chi connectivity index (χ3n) is 3.76. The van der Waals surface area contributed by atoms with Crippen molar-refractivity contribution in [2.24, 2.45) is 0 Å². The summed E-state index contributed by atoms with van der Waals surface area (Å²) in [5, 5.41) is 3.61. The lowest BCUT2D eigenvalue weighted by atomic mass is 10.0. The van der Waals surface area contributed by atoms with E-state index in [2.05, 4.69) is 55.6 Å². The molecule has 112 valence electrons. The molecule has 0 radical (unpaired) electrons. The van der Waals surface area contributed by atoms with E-state index in [1.165, 1.54) is 23.2 Å². The SMILES string of the molecule is CCCc1ccc(NC(CC)c2ccc(OC)cc2)cc1. The van der Waals surface area contributed by atoms with Gasteiger partial charge >= 0.3 is 0 Å². The van der Waals surface area contributed by atoms with Crippen LogP contribution in [0.4, 0.5) is 5.69 Å². The summed E-state index contributed by atoms with van der Waals surface area (Å²) in [6.45, 7) is 4.41. The summed E-state index contributed by atoms with van der Waals surface area (Å²) >= 11 is 0. The highest BCUT2D eigenvalue weighted by atomic mass is 16.5. The van der Waals surface area contributed by atoms with E-state index in [0.717, 1.165) is 18.6 Å². The minimum atomic E-state index is 0.327. The van der Waals surface area contributed by atoms with E-state index in [-0.39, 0.29) is 0 Å². The Bertz CT molecular complexity index is 530. The van der Waals surface area contributed by atoms with Gasteiger partial charge in [-0.2, -0.15) is 0 Å². The average molecular weight is 283 g/mol. The normalized spacial score (nSPS) is 12.0. The summed E-state index contributed by atoms with van der Waals surface area (Å²) in [6, 6.07) is 17.4. The number of benzene rings is 2. The molecular weight excluding hydrogens is 258 g/mol. The van der Waals surface area contributed by atoms with Crippen LogP contribution in [0.2, 0.25) is 0 Å². The molecular formula is C19H25NO. The molecule has 1 atom stereocenters. The van der Waals surface area contributed by atoms with Crippen molar-refractivity contribution in [1.29, 1.82) is 0 Å². The van der Waals surface area contributed by atoms with Crippen LogP contribution < -0.4 is 10.1 Å². The maximum absolute atomic E-state index is 5.22. The summed E-state index contributed by atoms with van der Waals surface area (Å²) in [4.78, 5) is 0. The van der Waals surface area contributed by atoms with Crippen LogP contribution in [-0.2, 0) is 6.42 Å². The zero-order valence-electron chi connectivity index (χ0n) is 13.2. The molecule has 0 fully saturated rings. The van der Waals surface area contributed by atoms with Gasteiger partial charge in [-0.3, -0.25) is 0 Å². The topological polar surface area (TPSA) is 21.3 Å². The molecule has 0 saturated heterocycles. The maximum Gasteiger partial charge on any atom is 0.118 e. The highest BCUT2D eigenvalue weighted by molar-refractivity contribution is 5.47. The number of aryl methyl sites for hydroxylation is 1. The summed E-state index contributed by atoms with van der Waals surface area (Å²) < 4.78 is 5.22. The maximum atomic E-state index is 5.22. The second-order valence-electron chi connectivity index (χ2n) is 5.33. The van der Waals surface area contributed by atoms with Crippen molar-refractivity contribution in [3.8, 4) is 5.75 Å². The van der Waals surface area contributed by atoms with Crippen LogP contribution in [0.25, 0.3) is 0 Å². The van der Waals surface area contributed by atoms with E-state index in [1.54, 1.807) is 7.11 Å². The first kappa shape index (κ1) is 15.4. The van der Waals surface area contributed by atoms with Gasteiger partial charge in [0.25, 0.3) is 0 Å². The van der Waals surface area contributed by atoms with Gasteiger partial charge in [0.15, 0.2) is 0 Å². The quantitative estimate of drug-likeness (QED) is 0.753. The largest absolute Gasteiger partial charge is 0.497 e. The Morgan fingerprint density at radius 3 is 2.14 bits per heavy atom. The monoisotopic (exact) mass is 283 g/mol. The minimum absolute atomic E-state index is 0.327. The van der Waals surface area contributed by atoms with Crippen LogP contribution in [0.1, 0.15) is 43.9 Å². The molecule has 2 rings (SSSR count). The lowest BCUT2D eigenvalue weighted by molar-refractivity contribution is 0.414. The molecule has 2 aromatic carbocycles. The van der Waals surface area contributed by atoms with Crippen molar-refractivity contribution >= 4 is 5.69 Å². The first-order chi connectivity index (χ1) is 10.3. The third-order valence-corrected chi connectivity index (χ3v) is 3.76. The van der Waals surface area contributed by atoms with E-state index in [0.29, 0.717) is 6.04 Å². The number of nitrogens with one attached hydrogen (secondary N) is 1. The molecule has 0 spiro atoms. The summed E-state index contributed by atoms with van der Waals surface area (Å²) in [5.41, 5.74) is 3.87. The lowest BCUT2D eigenvalue weighted by Crippen LogP contribution is -2.09. The molecule has 1 unspecified atom stereocenters. The van der Waals surface area contributed by atoms with E-state index in [9.17, 15) is 0 Å². The fraction of sp³-hybridized carbons (Fsp3) is 0.368. The lowest BCUT2D eigenvalue weighted by Gasteiger charge is -2.19. The molecule has 21 heavy (non-hydrogen) atoms. The van der Waals surface area contributed by atoms with Crippen molar-refractivity contribution in [2.75, 3.05) is 12.4 Å². The van der Waals surface area contributed by atoms with Crippen LogP contribution in [0.15, 0.2) is 48.5 Å². The number of hydrogen-bond donors (Lipinski definition) is 1. The highest BCUT2D eigenvalue weighted by Crippen LogP contribution is 2.24. The molecule has 2 nitrogen and oxygen atoms in total. The van der Waals surface area contributed by atoms with Crippen LogP contribution in [0.3, 0.4) is 0 Å². The molecule has 0 aromatic heterocycles. The Labute approximate surface area is 128 Å². The van der Waals surface area contributed by atoms with Gasteiger partial charge in [-0.05, 0) is 48.2 Å². The number of hydrogen-bond acceptors (Lipinski definition) is 2. The smallest absolute Gasteiger partial charge is 0.118 e. The average Bonchev–Trinajstić information content (AvgIpc) is 2.54. The zero-order valence-corrected chi connectivity index (χ0v) is 13.2. The second kappa shape index (κ2) is 7.72. The number of ether oxygens (including phenoxy) is 1. The van der Waals surface area contributed by atoms with Crippen molar-refractivity contribution in [3.05, 3.63) is 59.7 Å². The van der Waals surface area contributed by atoms with Gasteiger partial charge in [-0.25, -0.2) is 0 Å². The van der Waals surface area contributed by atoms with Crippen molar-refractivity contribution < 1.29 is 4.74 Å². The Morgan fingerprint density at radius 2 is 1.62 bits per heavy atom. The summed E-state index contributed by atoms with van der Waals surface area (Å²) in [5.74, 6) is 0.900. The molecule has 0 heterocycles. The first-order valence-corrected chi connectivity index (χ1v) is 7.76. The molecule has 0 aliphatic carbocycles. The Hall–Kier alpha value is -1.96. The van der Waals surface area contributed by atoms with Gasteiger partial charge in [0.1, 0.15) is 5.75 Å². The summed E-state index contributed by atoms with van der Waals surface area (Å²) in [6.07, 6.45) is 3.38.